The first-order valence-electron chi connectivity index (χ1n) is 5.21. The van der Waals surface area contributed by atoms with Gasteiger partial charge in [-0.1, -0.05) is 20.3 Å². The molecule has 0 radical (unpaired) electrons. The molecule has 0 bridgehead atoms. The quantitative estimate of drug-likeness (QED) is 0.638. The van der Waals surface area contributed by atoms with Gasteiger partial charge in [-0.05, 0) is 19.3 Å². The number of rotatable bonds is 5. The van der Waals surface area contributed by atoms with Gasteiger partial charge < -0.3 is 10.1 Å². The summed E-state index contributed by atoms with van der Waals surface area (Å²) in [6.45, 7) is 6.43. The molecule has 0 amide bonds. The van der Waals surface area contributed by atoms with Crippen LogP contribution < -0.4 is 5.32 Å². The first-order chi connectivity index (χ1) is 5.86. The normalized spacial score (nSPS) is 29.5. The molecule has 12 heavy (non-hydrogen) atoms. The summed E-state index contributed by atoms with van der Waals surface area (Å²) in [5, 5.41) is 3.46. The predicted octanol–water partition coefficient (Wildman–Crippen LogP) is 1.94. The van der Waals surface area contributed by atoms with E-state index in [1.54, 1.807) is 0 Å². The van der Waals surface area contributed by atoms with E-state index in [0.29, 0.717) is 12.1 Å². The maximum Gasteiger partial charge on any atom is 0.0714 e. The summed E-state index contributed by atoms with van der Waals surface area (Å²) >= 11 is 0. The van der Waals surface area contributed by atoms with E-state index in [1.165, 1.54) is 25.7 Å². The van der Waals surface area contributed by atoms with Crippen molar-refractivity contribution >= 4 is 0 Å². The van der Waals surface area contributed by atoms with Crippen LogP contribution in [0.15, 0.2) is 0 Å². The molecule has 1 N–H and O–H groups in total. The molecule has 0 aromatic rings. The Kier molecular flexibility index (Phi) is 4.62. The minimum absolute atomic E-state index is 0.487. The fourth-order valence-electron chi connectivity index (χ4n) is 1.61. The average Bonchev–Trinajstić information content (AvgIpc) is 2.53. The Morgan fingerprint density at radius 1 is 1.42 bits per heavy atom. The molecule has 2 nitrogen and oxygen atoms in total. The highest BCUT2D eigenvalue weighted by atomic mass is 16.5. The van der Waals surface area contributed by atoms with Gasteiger partial charge in [0.15, 0.2) is 0 Å². The highest BCUT2D eigenvalue weighted by molar-refractivity contribution is 4.80. The van der Waals surface area contributed by atoms with E-state index < -0.39 is 0 Å². The van der Waals surface area contributed by atoms with Crippen LogP contribution in [0.5, 0.6) is 0 Å². The van der Waals surface area contributed by atoms with Crippen molar-refractivity contribution in [2.75, 3.05) is 13.2 Å². The molecule has 1 heterocycles. The molecule has 1 saturated heterocycles. The number of nitrogens with one attached hydrogen (secondary N) is 1. The summed E-state index contributed by atoms with van der Waals surface area (Å²) < 4.78 is 5.71. The molecule has 1 aliphatic rings. The molecular weight excluding hydrogens is 150 g/mol. The molecule has 0 aromatic carbocycles. The van der Waals surface area contributed by atoms with Gasteiger partial charge in [-0.2, -0.15) is 0 Å². The lowest BCUT2D eigenvalue weighted by atomic mass is 10.1. The molecule has 1 aliphatic heterocycles. The highest BCUT2D eigenvalue weighted by Crippen LogP contribution is 2.12. The topological polar surface area (TPSA) is 21.3 Å². The van der Waals surface area contributed by atoms with Crippen LogP contribution in [-0.4, -0.2) is 25.3 Å². The lowest BCUT2D eigenvalue weighted by Gasteiger charge is -2.09. The van der Waals surface area contributed by atoms with Gasteiger partial charge in [0.2, 0.25) is 0 Å². The molecule has 0 saturated carbocycles. The Morgan fingerprint density at radius 2 is 2.25 bits per heavy atom. The van der Waals surface area contributed by atoms with Crippen molar-refractivity contribution in [1.29, 1.82) is 0 Å². The summed E-state index contributed by atoms with van der Waals surface area (Å²) in [6.07, 6.45) is 5.36. The van der Waals surface area contributed by atoms with Crippen molar-refractivity contribution in [2.24, 2.45) is 0 Å². The minimum atomic E-state index is 0.487. The number of hydrogen-bond acceptors (Lipinski definition) is 2. The Hall–Kier alpha value is -0.0800. The summed E-state index contributed by atoms with van der Waals surface area (Å²) in [7, 11) is 0. The Bertz CT molecular complexity index is 116. The highest BCUT2D eigenvalue weighted by Gasteiger charge is 2.22. The third-order valence-electron chi connectivity index (χ3n) is 2.53. The maximum absolute atomic E-state index is 5.71. The number of hydrogen-bond donors (Lipinski definition) is 1. The van der Waals surface area contributed by atoms with E-state index in [2.05, 4.69) is 19.2 Å². The van der Waals surface area contributed by atoms with E-state index >= 15 is 0 Å². The minimum Gasteiger partial charge on any atom is -0.377 e. The molecule has 1 fully saturated rings. The van der Waals surface area contributed by atoms with Gasteiger partial charge in [0.05, 0.1) is 6.10 Å². The van der Waals surface area contributed by atoms with Crippen LogP contribution in [0.2, 0.25) is 0 Å². The molecule has 0 aliphatic carbocycles. The molecule has 0 aromatic heterocycles. The van der Waals surface area contributed by atoms with E-state index in [-0.39, 0.29) is 0 Å². The van der Waals surface area contributed by atoms with Crippen molar-refractivity contribution in [3.63, 3.8) is 0 Å². The van der Waals surface area contributed by atoms with Crippen molar-refractivity contribution in [3.8, 4) is 0 Å². The predicted molar refractivity (Wildman–Crippen MR) is 51.3 cm³/mol. The summed E-state index contributed by atoms with van der Waals surface area (Å²) in [5.74, 6) is 0. The Balaban J connectivity index is 2.03. The zero-order valence-electron chi connectivity index (χ0n) is 8.31. The standard InChI is InChI=1S/C10H21NO/c1-3-5-6-12-10-7-9(4-2)11-8-10/h9-11H,3-8H2,1-2H3/t9-,10+/m0/s1. The zero-order valence-corrected chi connectivity index (χ0v) is 8.31. The third-order valence-corrected chi connectivity index (χ3v) is 2.53. The van der Waals surface area contributed by atoms with E-state index in [0.717, 1.165) is 13.2 Å². The van der Waals surface area contributed by atoms with Crippen LogP contribution in [-0.2, 0) is 4.74 Å². The SMILES string of the molecule is CCCCO[C@H]1CN[C@@H](CC)C1. The van der Waals surface area contributed by atoms with Gasteiger partial charge in [0.25, 0.3) is 0 Å². The summed E-state index contributed by atoms with van der Waals surface area (Å²) in [4.78, 5) is 0. The lowest BCUT2D eigenvalue weighted by molar-refractivity contribution is 0.0633. The smallest absolute Gasteiger partial charge is 0.0714 e. The molecule has 1 rings (SSSR count). The Labute approximate surface area is 75.7 Å². The fraction of sp³-hybridized carbons (Fsp3) is 1.00. The third kappa shape index (κ3) is 3.11. The van der Waals surface area contributed by atoms with Crippen LogP contribution in [0.4, 0.5) is 0 Å². The van der Waals surface area contributed by atoms with Crippen LogP contribution in [0.25, 0.3) is 0 Å². The number of unbranched alkanes of at least 4 members (excludes halogenated alkanes) is 1. The molecule has 0 spiro atoms. The Morgan fingerprint density at radius 3 is 2.83 bits per heavy atom. The molecule has 2 heteroatoms. The van der Waals surface area contributed by atoms with Gasteiger partial charge >= 0.3 is 0 Å². The zero-order chi connectivity index (χ0) is 8.81. The van der Waals surface area contributed by atoms with Crippen molar-refractivity contribution < 1.29 is 4.74 Å². The summed E-state index contributed by atoms with van der Waals surface area (Å²) in [6, 6.07) is 0.705. The second kappa shape index (κ2) is 5.55. The fourth-order valence-corrected chi connectivity index (χ4v) is 1.61. The van der Waals surface area contributed by atoms with Gasteiger partial charge in [-0.15, -0.1) is 0 Å². The monoisotopic (exact) mass is 171 g/mol. The lowest BCUT2D eigenvalue weighted by Crippen LogP contribution is -2.20. The second-order valence-corrected chi connectivity index (χ2v) is 3.60. The molecular formula is C10H21NO. The van der Waals surface area contributed by atoms with Crippen molar-refractivity contribution in [2.45, 2.75) is 51.7 Å². The molecule has 2 atom stereocenters. The first kappa shape index (κ1) is 10.0. The van der Waals surface area contributed by atoms with Crippen LogP contribution in [0.3, 0.4) is 0 Å². The average molecular weight is 171 g/mol. The van der Waals surface area contributed by atoms with Gasteiger partial charge in [-0.25, -0.2) is 0 Å². The molecule has 0 unspecified atom stereocenters. The largest absolute Gasteiger partial charge is 0.377 e. The van der Waals surface area contributed by atoms with Crippen LogP contribution in [0.1, 0.15) is 39.5 Å². The van der Waals surface area contributed by atoms with Crippen LogP contribution >= 0.6 is 0 Å². The van der Waals surface area contributed by atoms with Gasteiger partial charge in [0, 0.05) is 19.2 Å². The van der Waals surface area contributed by atoms with E-state index in [1.807, 2.05) is 0 Å². The van der Waals surface area contributed by atoms with Gasteiger partial charge in [-0.3, -0.25) is 0 Å². The van der Waals surface area contributed by atoms with E-state index in [9.17, 15) is 0 Å². The second-order valence-electron chi connectivity index (χ2n) is 3.60. The summed E-state index contributed by atoms with van der Waals surface area (Å²) in [5.41, 5.74) is 0. The van der Waals surface area contributed by atoms with E-state index in [4.69, 9.17) is 4.74 Å². The maximum atomic E-state index is 5.71. The van der Waals surface area contributed by atoms with Gasteiger partial charge in [0.1, 0.15) is 0 Å². The van der Waals surface area contributed by atoms with Crippen LogP contribution in [0, 0.1) is 0 Å². The van der Waals surface area contributed by atoms with Crippen molar-refractivity contribution in [3.05, 3.63) is 0 Å². The van der Waals surface area contributed by atoms with Crippen molar-refractivity contribution in [1.82, 2.24) is 5.32 Å². The first-order valence-corrected chi connectivity index (χ1v) is 5.21. The number of ether oxygens (including phenoxy) is 1. The molecule has 72 valence electrons.